The predicted octanol–water partition coefficient (Wildman–Crippen LogP) is 5.21. The molecule has 2 aromatic carbocycles. The van der Waals surface area contributed by atoms with Crippen molar-refractivity contribution in [3.8, 4) is 11.5 Å². The summed E-state index contributed by atoms with van der Waals surface area (Å²) in [5.41, 5.74) is 1.99. The van der Waals surface area contributed by atoms with Crippen molar-refractivity contribution < 1.29 is 14.6 Å². The molecule has 0 heterocycles. The standard InChI is InChI=1S/C19H22BrCl2NO3/c1-2-25-18-9-14(11-23-6-3-7-24)15(20)10-19(18)26-12-13-4-5-16(21)17(22)8-13/h4-5,8-10,23-24H,2-3,6-7,11-12H2,1H3. The first-order valence-corrected chi connectivity index (χ1v) is 9.93. The summed E-state index contributed by atoms with van der Waals surface area (Å²) in [6.07, 6.45) is 0.723. The van der Waals surface area contributed by atoms with Crippen LogP contribution in [0.25, 0.3) is 0 Å². The van der Waals surface area contributed by atoms with Gasteiger partial charge in [-0.15, -0.1) is 0 Å². The van der Waals surface area contributed by atoms with Crippen LogP contribution in [0.5, 0.6) is 11.5 Å². The Morgan fingerprint density at radius 2 is 1.85 bits per heavy atom. The van der Waals surface area contributed by atoms with Gasteiger partial charge in [0, 0.05) is 17.6 Å². The Morgan fingerprint density at radius 1 is 1.08 bits per heavy atom. The van der Waals surface area contributed by atoms with E-state index in [1.807, 2.05) is 25.1 Å². The lowest BCUT2D eigenvalue weighted by Gasteiger charge is -2.15. The maximum atomic E-state index is 8.85. The highest BCUT2D eigenvalue weighted by Gasteiger charge is 2.11. The topological polar surface area (TPSA) is 50.7 Å². The summed E-state index contributed by atoms with van der Waals surface area (Å²) in [5, 5.41) is 13.2. The van der Waals surface area contributed by atoms with E-state index in [1.54, 1.807) is 12.1 Å². The molecule has 2 aromatic rings. The number of aliphatic hydroxyl groups excluding tert-OH is 1. The van der Waals surface area contributed by atoms with Crippen molar-refractivity contribution >= 4 is 39.1 Å². The first-order chi connectivity index (χ1) is 12.5. The average molecular weight is 463 g/mol. The maximum absolute atomic E-state index is 8.85. The highest BCUT2D eigenvalue weighted by molar-refractivity contribution is 9.10. The summed E-state index contributed by atoms with van der Waals surface area (Å²) in [6, 6.07) is 9.29. The molecule has 0 spiro atoms. The van der Waals surface area contributed by atoms with Crippen molar-refractivity contribution in [1.82, 2.24) is 5.32 Å². The first-order valence-electron chi connectivity index (χ1n) is 8.38. The zero-order chi connectivity index (χ0) is 18.9. The van der Waals surface area contributed by atoms with Gasteiger partial charge in [0.2, 0.25) is 0 Å². The van der Waals surface area contributed by atoms with Crippen LogP contribution in [0.2, 0.25) is 10.0 Å². The van der Waals surface area contributed by atoms with Crippen molar-refractivity contribution in [2.75, 3.05) is 19.8 Å². The van der Waals surface area contributed by atoms with E-state index in [4.69, 9.17) is 37.8 Å². The van der Waals surface area contributed by atoms with E-state index < -0.39 is 0 Å². The van der Waals surface area contributed by atoms with Crippen LogP contribution in [0.3, 0.4) is 0 Å². The summed E-state index contributed by atoms with van der Waals surface area (Å²) in [5.74, 6) is 1.35. The van der Waals surface area contributed by atoms with Crippen molar-refractivity contribution in [3.63, 3.8) is 0 Å². The predicted molar refractivity (Wildman–Crippen MR) is 110 cm³/mol. The van der Waals surface area contributed by atoms with Crippen LogP contribution in [0.15, 0.2) is 34.8 Å². The fraction of sp³-hybridized carbons (Fsp3) is 0.368. The molecule has 0 atom stereocenters. The second kappa shape index (κ2) is 11.0. The van der Waals surface area contributed by atoms with Crippen LogP contribution >= 0.6 is 39.1 Å². The van der Waals surface area contributed by atoms with Gasteiger partial charge in [0.25, 0.3) is 0 Å². The molecule has 2 rings (SSSR count). The van der Waals surface area contributed by atoms with Gasteiger partial charge >= 0.3 is 0 Å². The van der Waals surface area contributed by atoms with E-state index in [-0.39, 0.29) is 6.61 Å². The summed E-state index contributed by atoms with van der Waals surface area (Å²) in [7, 11) is 0. The van der Waals surface area contributed by atoms with Gasteiger partial charge in [0.05, 0.1) is 16.7 Å². The summed E-state index contributed by atoms with van der Waals surface area (Å²) >= 11 is 15.6. The molecule has 0 radical (unpaired) electrons. The molecule has 142 valence electrons. The maximum Gasteiger partial charge on any atom is 0.162 e. The molecule has 26 heavy (non-hydrogen) atoms. The van der Waals surface area contributed by atoms with Crippen LogP contribution in [-0.2, 0) is 13.2 Å². The zero-order valence-corrected chi connectivity index (χ0v) is 17.6. The summed E-state index contributed by atoms with van der Waals surface area (Å²) < 4.78 is 12.6. The highest BCUT2D eigenvalue weighted by atomic mass is 79.9. The van der Waals surface area contributed by atoms with Crippen molar-refractivity contribution in [3.05, 3.63) is 56.0 Å². The number of benzene rings is 2. The Hall–Kier alpha value is -0.980. The van der Waals surface area contributed by atoms with Gasteiger partial charge in [-0.25, -0.2) is 0 Å². The fourth-order valence-corrected chi connectivity index (χ4v) is 3.09. The second-order valence-corrected chi connectivity index (χ2v) is 7.28. The molecular formula is C19H22BrCl2NO3. The van der Waals surface area contributed by atoms with Gasteiger partial charge in [-0.3, -0.25) is 0 Å². The molecule has 0 aromatic heterocycles. The van der Waals surface area contributed by atoms with Crippen LogP contribution in [-0.4, -0.2) is 24.9 Å². The third-order valence-electron chi connectivity index (χ3n) is 3.62. The molecule has 0 bridgehead atoms. The number of aliphatic hydroxyl groups is 1. The lowest BCUT2D eigenvalue weighted by molar-refractivity contribution is 0.268. The molecule has 4 nitrogen and oxygen atoms in total. The van der Waals surface area contributed by atoms with Gasteiger partial charge in [0.1, 0.15) is 6.61 Å². The molecule has 0 aliphatic carbocycles. The van der Waals surface area contributed by atoms with Gasteiger partial charge in [-0.2, -0.15) is 0 Å². The second-order valence-electron chi connectivity index (χ2n) is 5.61. The molecule has 0 fully saturated rings. The normalized spacial score (nSPS) is 10.8. The van der Waals surface area contributed by atoms with Crippen molar-refractivity contribution in [1.29, 1.82) is 0 Å². The molecule has 0 aliphatic rings. The Morgan fingerprint density at radius 3 is 2.54 bits per heavy atom. The molecule has 2 N–H and O–H groups in total. The third kappa shape index (κ3) is 6.32. The zero-order valence-electron chi connectivity index (χ0n) is 14.5. The Kier molecular flexibility index (Phi) is 9.02. The average Bonchev–Trinajstić information content (AvgIpc) is 2.62. The number of hydrogen-bond donors (Lipinski definition) is 2. The lowest BCUT2D eigenvalue weighted by atomic mass is 10.2. The van der Waals surface area contributed by atoms with Crippen LogP contribution < -0.4 is 14.8 Å². The smallest absolute Gasteiger partial charge is 0.162 e. The molecule has 0 aliphatic heterocycles. The summed E-state index contributed by atoms with van der Waals surface area (Å²) in [6.45, 7) is 4.44. The van der Waals surface area contributed by atoms with E-state index in [0.717, 1.165) is 28.6 Å². The van der Waals surface area contributed by atoms with Crippen LogP contribution in [0.4, 0.5) is 0 Å². The van der Waals surface area contributed by atoms with E-state index in [2.05, 4.69) is 21.2 Å². The molecular weight excluding hydrogens is 441 g/mol. The fourth-order valence-electron chi connectivity index (χ4n) is 2.31. The first kappa shape index (κ1) is 21.3. The van der Waals surface area contributed by atoms with E-state index in [9.17, 15) is 0 Å². The van der Waals surface area contributed by atoms with Gasteiger partial charge in [0.15, 0.2) is 11.5 Å². The minimum atomic E-state index is 0.180. The minimum Gasteiger partial charge on any atom is -0.490 e. The van der Waals surface area contributed by atoms with Crippen LogP contribution in [0, 0.1) is 0 Å². The monoisotopic (exact) mass is 461 g/mol. The van der Waals surface area contributed by atoms with E-state index >= 15 is 0 Å². The number of halogens is 3. The Labute approximate surface area is 172 Å². The molecule has 0 amide bonds. The van der Waals surface area contributed by atoms with Gasteiger partial charge < -0.3 is 19.9 Å². The Bertz CT molecular complexity index is 728. The molecule has 0 unspecified atom stereocenters. The number of nitrogens with one attached hydrogen (secondary N) is 1. The van der Waals surface area contributed by atoms with Gasteiger partial charge in [-0.1, -0.05) is 45.2 Å². The minimum absolute atomic E-state index is 0.180. The Balaban J connectivity index is 2.10. The number of ether oxygens (including phenoxy) is 2. The summed E-state index contributed by atoms with van der Waals surface area (Å²) in [4.78, 5) is 0. The molecule has 0 saturated heterocycles. The van der Waals surface area contributed by atoms with Crippen LogP contribution in [0.1, 0.15) is 24.5 Å². The van der Waals surface area contributed by atoms with Crippen molar-refractivity contribution in [2.45, 2.75) is 26.5 Å². The SMILES string of the molecule is CCOc1cc(CNCCCO)c(Br)cc1OCc1ccc(Cl)c(Cl)c1. The van der Waals surface area contributed by atoms with E-state index in [0.29, 0.717) is 41.3 Å². The lowest BCUT2D eigenvalue weighted by Crippen LogP contribution is -2.16. The van der Waals surface area contributed by atoms with Gasteiger partial charge in [-0.05, 0) is 55.3 Å². The molecule has 0 saturated carbocycles. The quantitative estimate of drug-likeness (QED) is 0.476. The third-order valence-corrected chi connectivity index (χ3v) is 5.10. The largest absolute Gasteiger partial charge is 0.490 e. The molecule has 7 heteroatoms. The number of hydrogen-bond acceptors (Lipinski definition) is 4. The van der Waals surface area contributed by atoms with Crippen molar-refractivity contribution in [2.24, 2.45) is 0 Å². The highest BCUT2D eigenvalue weighted by Crippen LogP contribution is 2.34. The van der Waals surface area contributed by atoms with E-state index in [1.165, 1.54) is 0 Å². The number of rotatable bonds is 10.